The number of hydrogen-bond acceptors (Lipinski definition) is 2. The highest BCUT2D eigenvalue weighted by Gasteiger charge is 2.20. The fourth-order valence-electron chi connectivity index (χ4n) is 7.74. The van der Waals surface area contributed by atoms with E-state index in [0.717, 1.165) is 17.1 Å². The number of benzene rings is 9. The van der Waals surface area contributed by atoms with Crippen molar-refractivity contribution in [1.29, 1.82) is 0 Å². The zero-order valence-electron chi connectivity index (χ0n) is 28.4. The molecule has 2 heteroatoms. The summed E-state index contributed by atoms with van der Waals surface area (Å²) >= 11 is 1.86. The Labute approximate surface area is 307 Å². The topological polar surface area (TPSA) is 3.24 Å². The number of hydrogen-bond donors (Lipinski definition) is 0. The van der Waals surface area contributed by atoms with E-state index in [1.807, 2.05) is 11.3 Å². The zero-order valence-corrected chi connectivity index (χ0v) is 29.2. The minimum Gasteiger partial charge on any atom is -0.309 e. The fraction of sp³-hybridized carbons (Fsp3) is 0. The van der Waals surface area contributed by atoms with Crippen molar-refractivity contribution < 1.29 is 0 Å². The number of anilines is 3. The molecule has 1 nitrogen and oxygen atoms in total. The summed E-state index contributed by atoms with van der Waals surface area (Å²) in [6.07, 6.45) is 0. The fourth-order valence-corrected chi connectivity index (χ4v) is 8.83. The molecule has 0 fully saturated rings. The zero-order chi connectivity index (χ0) is 34.4. The molecular formula is C50H33NS. The Kier molecular flexibility index (Phi) is 7.41. The molecule has 0 aliphatic rings. The van der Waals surface area contributed by atoms with Crippen LogP contribution < -0.4 is 4.90 Å². The van der Waals surface area contributed by atoms with Gasteiger partial charge in [-0.3, -0.25) is 0 Å². The summed E-state index contributed by atoms with van der Waals surface area (Å²) in [5.41, 5.74) is 10.7. The van der Waals surface area contributed by atoms with Gasteiger partial charge in [0.15, 0.2) is 0 Å². The van der Waals surface area contributed by atoms with Crippen molar-refractivity contribution in [3.63, 3.8) is 0 Å². The van der Waals surface area contributed by atoms with Gasteiger partial charge >= 0.3 is 0 Å². The second-order valence-corrected chi connectivity index (χ2v) is 14.4. The summed E-state index contributed by atoms with van der Waals surface area (Å²) in [5.74, 6) is 0. The van der Waals surface area contributed by atoms with Gasteiger partial charge in [-0.1, -0.05) is 158 Å². The van der Waals surface area contributed by atoms with Gasteiger partial charge in [-0.25, -0.2) is 0 Å². The first-order valence-corrected chi connectivity index (χ1v) is 18.6. The molecule has 244 valence electrons. The summed E-state index contributed by atoms with van der Waals surface area (Å²) in [4.78, 5) is 2.43. The Balaban J connectivity index is 1.08. The van der Waals surface area contributed by atoms with Crippen LogP contribution in [0, 0.1) is 0 Å². The van der Waals surface area contributed by atoms with Gasteiger partial charge in [-0.2, -0.15) is 0 Å². The maximum Gasteiger partial charge on any atom is 0.0540 e. The molecule has 0 N–H and O–H groups in total. The van der Waals surface area contributed by atoms with Gasteiger partial charge in [0.2, 0.25) is 0 Å². The molecule has 0 spiro atoms. The van der Waals surface area contributed by atoms with E-state index in [-0.39, 0.29) is 0 Å². The number of fused-ring (bicyclic) bond motifs is 5. The van der Waals surface area contributed by atoms with Crippen molar-refractivity contribution in [3.8, 4) is 33.4 Å². The van der Waals surface area contributed by atoms with Crippen molar-refractivity contribution >= 4 is 70.1 Å². The second kappa shape index (κ2) is 12.7. The average molecular weight is 680 g/mol. The van der Waals surface area contributed by atoms with E-state index in [9.17, 15) is 0 Å². The lowest BCUT2D eigenvalue weighted by molar-refractivity contribution is 1.30. The first-order valence-electron chi connectivity index (χ1n) is 17.8. The molecule has 0 saturated heterocycles. The predicted molar refractivity (Wildman–Crippen MR) is 225 cm³/mol. The molecule has 52 heavy (non-hydrogen) atoms. The average Bonchev–Trinajstić information content (AvgIpc) is 3.59. The van der Waals surface area contributed by atoms with E-state index < -0.39 is 0 Å². The monoisotopic (exact) mass is 679 g/mol. The minimum atomic E-state index is 1.11. The van der Waals surface area contributed by atoms with Crippen LogP contribution >= 0.6 is 11.3 Å². The third-order valence-electron chi connectivity index (χ3n) is 10.3. The van der Waals surface area contributed by atoms with Crippen molar-refractivity contribution in [1.82, 2.24) is 0 Å². The standard InChI is InChI=1S/C50H33NS/c1-3-15-41-36(11-1)13-9-19-42(41)38-25-23-34(24-26-38)35-27-30-40(31-28-35)51(48-21-10-14-37-12-2-4-16-43(37)48)47-20-7-5-17-44(47)39-29-32-50-46(33-39)45-18-6-8-22-49(45)52-50/h1-33H. The Morgan fingerprint density at radius 2 is 0.827 bits per heavy atom. The predicted octanol–water partition coefficient (Wildman–Crippen LogP) is 14.8. The van der Waals surface area contributed by atoms with Gasteiger partial charge in [0.1, 0.15) is 0 Å². The van der Waals surface area contributed by atoms with Gasteiger partial charge in [0.05, 0.1) is 11.4 Å². The molecule has 0 radical (unpaired) electrons. The number of thiophene rings is 1. The number of rotatable bonds is 6. The first kappa shape index (κ1) is 30.4. The quantitative estimate of drug-likeness (QED) is 0.169. The van der Waals surface area contributed by atoms with Gasteiger partial charge in [0.25, 0.3) is 0 Å². The highest BCUT2D eigenvalue weighted by atomic mass is 32.1. The number of nitrogens with zero attached hydrogens (tertiary/aromatic N) is 1. The molecule has 9 aromatic carbocycles. The van der Waals surface area contributed by atoms with E-state index in [4.69, 9.17) is 0 Å². The molecule has 0 unspecified atom stereocenters. The van der Waals surface area contributed by atoms with Crippen LogP contribution in [0.5, 0.6) is 0 Å². The van der Waals surface area contributed by atoms with Crippen LogP contribution in [-0.2, 0) is 0 Å². The third-order valence-corrected chi connectivity index (χ3v) is 11.4. The van der Waals surface area contributed by atoms with Gasteiger partial charge in [-0.15, -0.1) is 11.3 Å². The van der Waals surface area contributed by atoms with Crippen molar-refractivity contribution in [3.05, 3.63) is 200 Å². The van der Waals surface area contributed by atoms with Crippen LogP contribution in [0.25, 0.3) is 75.1 Å². The lowest BCUT2D eigenvalue weighted by Crippen LogP contribution is -2.11. The summed E-state index contributed by atoms with van der Waals surface area (Å²) in [6.45, 7) is 0. The molecule has 10 rings (SSSR count). The van der Waals surface area contributed by atoms with E-state index in [1.165, 1.54) is 75.1 Å². The van der Waals surface area contributed by atoms with E-state index in [2.05, 4.69) is 205 Å². The van der Waals surface area contributed by atoms with Crippen LogP contribution in [0.3, 0.4) is 0 Å². The third kappa shape index (κ3) is 5.24. The van der Waals surface area contributed by atoms with Gasteiger partial charge < -0.3 is 4.90 Å². The Hall–Kier alpha value is -6.48. The summed E-state index contributed by atoms with van der Waals surface area (Å²) in [5, 5.41) is 7.59. The maximum atomic E-state index is 2.43. The second-order valence-electron chi connectivity index (χ2n) is 13.3. The molecule has 0 bridgehead atoms. The Bertz CT molecular complexity index is 2890. The first-order chi connectivity index (χ1) is 25.8. The Morgan fingerprint density at radius 1 is 0.308 bits per heavy atom. The maximum absolute atomic E-state index is 2.43. The Morgan fingerprint density at radius 3 is 1.63 bits per heavy atom. The van der Waals surface area contributed by atoms with Crippen LogP contribution in [0.4, 0.5) is 17.1 Å². The van der Waals surface area contributed by atoms with Gasteiger partial charge in [0, 0.05) is 36.8 Å². The summed E-state index contributed by atoms with van der Waals surface area (Å²) in [6, 6.07) is 73.0. The normalized spacial score (nSPS) is 11.5. The largest absolute Gasteiger partial charge is 0.309 e. The molecule has 0 saturated carbocycles. The van der Waals surface area contributed by atoms with E-state index in [0.29, 0.717) is 0 Å². The van der Waals surface area contributed by atoms with Crippen LogP contribution in [-0.4, -0.2) is 0 Å². The molecule has 1 heterocycles. The number of para-hydroxylation sites is 1. The van der Waals surface area contributed by atoms with Crippen molar-refractivity contribution in [2.45, 2.75) is 0 Å². The molecular weight excluding hydrogens is 647 g/mol. The molecule has 1 aromatic heterocycles. The molecule has 10 aromatic rings. The van der Waals surface area contributed by atoms with E-state index >= 15 is 0 Å². The highest BCUT2D eigenvalue weighted by Crippen LogP contribution is 2.45. The smallest absolute Gasteiger partial charge is 0.0540 e. The molecule has 0 aliphatic carbocycles. The molecule has 0 aliphatic heterocycles. The molecule has 0 atom stereocenters. The minimum absolute atomic E-state index is 1.11. The van der Waals surface area contributed by atoms with E-state index in [1.54, 1.807) is 0 Å². The van der Waals surface area contributed by atoms with Crippen molar-refractivity contribution in [2.24, 2.45) is 0 Å². The SMILES string of the molecule is c1ccc(N(c2ccc(-c3ccc(-c4cccc5ccccc45)cc3)cc2)c2cccc3ccccc23)c(-c2ccc3sc4ccccc4c3c2)c1. The molecule has 0 amide bonds. The van der Waals surface area contributed by atoms with Crippen LogP contribution in [0.15, 0.2) is 200 Å². The lowest BCUT2D eigenvalue weighted by atomic mass is 9.96. The van der Waals surface area contributed by atoms with Gasteiger partial charge in [-0.05, 0) is 86.4 Å². The van der Waals surface area contributed by atoms with Crippen LogP contribution in [0.2, 0.25) is 0 Å². The summed E-state index contributed by atoms with van der Waals surface area (Å²) in [7, 11) is 0. The summed E-state index contributed by atoms with van der Waals surface area (Å²) < 4.78 is 2.64. The highest BCUT2D eigenvalue weighted by molar-refractivity contribution is 7.25. The van der Waals surface area contributed by atoms with Crippen molar-refractivity contribution in [2.75, 3.05) is 4.90 Å². The van der Waals surface area contributed by atoms with Crippen LogP contribution in [0.1, 0.15) is 0 Å². The lowest BCUT2D eigenvalue weighted by Gasteiger charge is -2.29.